The minimum Gasteiger partial charge on any atom is -0.478 e. The van der Waals surface area contributed by atoms with Gasteiger partial charge < -0.3 is 14.4 Å². The van der Waals surface area contributed by atoms with E-state index in [1.807, 2.05) is 71.4 Å². The zero-order valence-corrected chi connectivity index (χ0v) is 18.0. The van der Waals surface area contributed by atoms with E-state index in [2.05, 4.69) is 6.92 Å². The van der Waals surface area contributed by atoms with Crippen molar-refractivity contribution in [2.75, 3.05) is 0 Å². The molecule has 160 valence electrons. The Bertz CT molecular complexity index is 1090. The van der Waals surface area contributed by atoms with Crippen molar-refractivity contribution in [1.29, 1.82) is 0 Å². The maximum atomic E-state index is 12.9. The Morgan fingerprint density at radius 1 is 1.06 bits per heavy atom. The van der Waals surface area contributed by atoms with Gasteiger partial charge in [-0.3, -0.25) is 4.79 Å². The van der Waals surface area contributed by atoms with Crippen molar-refractivity contribution in [2.24, 2.45) is 0 Å². The van der Waals surface area contributed by atoms with E-state index in [9.17, 15) is 14.7 Å². The number of ketones is 1. The molecule has 0 fully saturated rings. The van der Waals surface area contributed by atoms with Gasteiger partial charge in [0.1, 0.15) is 5.75 Å². The molecule has 0 unspecified atom stereocenters. The Kier molecular flexibility index (Phi) is 6.75. The summed E-state index contributed by atoms with van der Waals surface area (Å²) >= 11 is 0. The normalized spacial score (nSPS) is 11.6. The first-order valence-corrected chi connectivity index (χ1v) is 10.3. The van der Waals surface area contributed by atoms with E-state index in [4.69, 9.17) is 4.74 Å². The van der Waals surface area contributed by atoms with Crippen LogP contribution in [0.15, 0.2) is 72.9 Å². The minimum absolute atomic E-state index is 0.00708. The van der Waals surface area contributed by atoms with Gasteiger partial charge in [0.05, 0.1) is 5.69 Å². The molecule has 0 saturated carbocycles. The van der Waals surface area contributed by atoms with Gasteiger partial charge in [0.15, 0.2) is 5.60 Å². The average molecular weight is 418 g/mol. The number of carbonyl (C=O) groups is 2. The number of aryl methyl sites for hydroxylation is 1. The maximum absolute atomic E-state index is 12.9. The van der Waals surface area contributed by atoms with Crippen LogP contribution in [0.25, 0.3) is 6.08 Å². The van der Waals surface area contributed by atoms with Crippen molar-refractivity contribution in [3.05, 3.63) is 95.3 Å². The lowest BCUT2D eigenvalue weighted by molar-refractivity contribution is -0.152. The van der Waals surface area contributed by atoms with E-state index >= 15 is 0 Å². The molecule has 0 amide bonds. The lowest BCUT2D eigenvalue weighted by Crippen LogP contribution is -2.37. The number of carboxylic acid groups (broad SMARTS) is 1. The Morgan fingerprint density at radius 3 is 2.48 bits per heavy atom. The lowest BCUT2D eigenvalue weighted by atomic mass is 10.0. The number of aliphatic carboxylic acids is 1. The van der Waals surface area contributed by atoms with Crippen LogP contribution in [0.3, 0.4) is 0 Å². The maximum Gasteiger partial charge on any atom is 0.347 e. The van der Waals surface area contributed by atoms with E-state index in [0.717, 1.165) is 12.0 Å². The smallest absolute Gasteiger partial charge is 0.347 e. The van der Waals surface area contributed by atoms with Crippen LogP contribution in [0, 0.1) is 0 Å². The SMILES string of the molecule is CCc1ccc(C(=O)c2cccn2C/C=C/c2cccc(OC(C)(C)C(=O)O)c2)cc1. The number of hydrogen-bond donors (Lipinski definition) is 1. The summed E-state index contributed by atoms with van der Waals surface area (Å²) in [4.78, 5) is 24.1. The van der Waals surface area contributed by atoms with Crippen LogP contribution in [0.1, 0.15) is 48.0 Å². The largest absolute Gasteiger partial charge is 0.478 e. The Morgan fingerprint density at radius 2 is 1.81 bits per heavy atom. The fourth-order valence-electron chi connectivity index (χ4n) is 3.14. The van der Waals surface area contributed by atoms with Crippen molar-refractivity contribution in [3.8, 4) is 5.75 Å². The van der Waals surface area contributed by atoms with Crippen LogP contribution >= 0.6 is 0 Å². The molecule has 3 aromatic rings. The highest BCUT2D eigenvalue weighted by Gasteiger charge is 2.29. The van der Waals surface area contributed by atoms with Crippen molar-refractivity contribution in [2.45, 2.75) is 39.3 Å². The van der Waals surface area contributed by atoms with Gasteiger partial charge in [-0.1, -0.05) is 55.5 Å². The zero-order valence-electron chi connectivity index (χ0n) is 18.0. The molecule has 0 spiro atoms. The third-order valence-corrected chi connectivity index (χ3v) is 5.05. The number of carbonyl (C=O) groups excluding carboxylic acids is 1. The molecule has 0 aliphatic rings. The van der Waals surface area contributed by atoms with Crippen molar-refractivity contribution < 1.29 is 19.4 Å². The average Bonchev–Trinajstić information content (AvgIpc) is 3.21. The standard InChI is InChI=1S/C26H27NO4/c1-4-19-12-14-21(15-13-19)24(28)23-11-7-17-27(23)16-6-9-20-8-5-10-22(18-20)31-26(2,3)25(29)30/h5-15,17-18H,4,16H2,1-3H3,(H,29,30)/b9-6+. The quantitative estimate of drug-likeness (QED) is 0.484. The Balaban J connectivity index is 1.70. The summed E-state index contributed by atoms with van der Waals surface area (Å²) in [6.45, 7) is 5.65. The summed E-state index contributed by atoms with van der Waals surface area (Å²) in [6, 6.07) is 18.7. The fourth-order valence-corrected chi connectivity index (χ4v) is 3.14. The molecule has 2 aromatic carbocycles. The third kappa shape index (κ3) is 5.51. The summed E-state index contributed by atoms with van der Waals surface area (Å²) in [5, 5.41) is 9.23. The molecule has 0 radical (unpaired) electrons. The zero-order chi connectivity index (χ0) is 22.4. The highest BCUT2D eigenvalue weighted by Crippen LogP contribution is 2.21. The molecule has 5 nitrogen and oxygen atoms in total. The predicted octanol–water partition coefficient (Wildman–Crippen LogP) is 5.24. The molecule has 5 heteroatoms. The second-order valence-electron chi connectivity index (χ2n) is 7.82. The number of aromatic nitrogens is 1. The topological polar surface area (TPSA) is 68.5 Å². The van der Waals surface area contributed by atoms with Gasteiger partial charge in [-0.25, -0.2) is 4.79 Å². The number of allylic oxidation sites excluding steroid dienone is 1. The van der Waals surface area contributed by atoms with Gasteiger partial charge in [0.2, 0.25) is 5.78 Å². The molecule has 0 aliphatic heterocycles. The number of ether oxygens (including phenoxy) is 1. The van der Waals surface area contributed by atoms with Crippen molar-refractivity contribution >= 4 is 17.8 Å². The van der Waals surface area contributed by atoms with Crippen molar-refractivity contribution in [3.63, 3.8) is 0 Å². The van der Waals surface area contributed by atoms with Crippen LogP contribution < -0.4 is 4.74 Å². The predicted molar refractivity (Wildman–Crippen MR) is 122 cm³/mol. The van der Waals surface area contributed by atoms with E-state index < -0.39 is 11.6 Å². The first-order valence-electron chi connectivity index (χ1n) is 10.3. The second-order valence-corrected chi connectivity index (χ2v) is 7.82. The monoisotopic (exact) mass is 417 g/mol. The van der Waals surface area contributed by atoms with E-state index in [1.54, 1.807) is 12.1 Å². The molecule has 1 aromatic heterocycles. The molecule has 0 atom stereocenters. The van der Waals surface area contributed by atoms with Crippen LogP contribution in [-0.2, 0) is 17.8 Å². The summed E-state index contributed by atoms with van der Waals surface area (Å²) in [5.74, 6) is -0.545. The van der Waals surface area contributed by atoms with Gasteiger partial charge in [-0.05, 0) is 55.7 Å². The number of rotatable bonds is 9. The fraction of sp³-hybridized carbons (Fsp3) is 0.231. The van der Waals surface area contributed by atoms with E-state index in [0.29, 0.717) is 23.6 Å². The summed E-state index contributed by atoms with van der Waals surface area (Å²) in [7, 11) is 0. The lowest BCUT2D eigenvalue weighted by Gasteiger charge is -2.21. The molecular formula is C26H27NO4. The highest BCUT2D eigenvalue weighted by molar-refractivity contribution is 6.08. The van der Waals surface area contributed by atoms with Crippen LogP contribution in [0.4, 0.5) is 0 Å². The first kappa shape index (κ1) is 22.1. The second kappa shape index (κ2) is 9.47. The third-order valence-electron chi connectivity index (χ3n) is 5.05. The molecule has 3 rings (SSSR count). The first-order chi connectivity index (χ1) is 14.8. The number of carboxylic acids is 1. The Labute approximate surface area is 182 Å². The molecule has 0 bridgehead atoms. The molecular weight excluding hydrogens is 390 g/mol. The van der Waals surface area contributed by atoms with Gasteiger partial charge in [-0.15, -0.1) is 0 Å². The Hall–Kier alpha value is -3.60. The summed E-state index contributed by atoms with van der Waals surface area (Å²) < 4.78 is 7.49. The van der Waals surface area contributed by atoms with Crippen LogP contribution in [-0.4, -0.2) is 27.0 Å². The summed E-state index contributed by atoms with van der Waals surface area (Å²) in [5.41, 5.74) is 2.08. The summed E-state index contributed by atoms with van der Waals surface area (Å²) in [6.07, 6.45) is 6.70. The van der Waals surface area contributed by atoms with Crippen LogP contribution in [0.2, 0.25) is 0 Å². The van der Waals surface area contributed by atoms with Gasteiger partial charge >= 0.3 is 5.97 Å². The van der Waals surface area contributed by atoms with E-state index in [-0.39, 0.29) is 5.78 Å². The molecule has 31 heavy (non-hydrogen) atoms. The molecule has 1 heterocycles. The van der Waals surface area contributed by atoms with Gasteiger partial charge in [-0.2, -0.15) is 0 Å². The molecule has 1 N–H and O–H groups in total. The van der Waals surface area contributed by atoms with E-state index in [1.165, 1.54) is 19.4 Å². The molecule has 0 aliphatic carbocycles. The van der Waals surface area contributed by atoms with Gasteiger partial charge in [0.25, 0.3) is 0 Å². The highest BCUT2D eigenvalue weighted by atomic mass is 16.5. The number of nitrogens with zero attached hydrogens (tertiary/aromatic N) is 1. The number of benzene rings is 2. The van der Waals surface area contributed by atoms with Crippen LogP contribution in [0.5, 0.6) is 5.75 Å². The molecule has 0 saturated heterocycles. The van der Waals surface area contributed by atoms with Crippen molar-refractivity contribution in [1.82, 2.24) is 4.57 Å². The number of hydrogen-bond acceptors (Lipinski definition) is 3. The van der Waals surface area contributed by atoms with Gasteiger partial charge in [0, 0.05) is 18.3 Å². The minimum atomic E-state index is -1.31.